The molecule has 7 nitrogen and oxygen atoms in total. The molecule has 3 aromatic rings. The van der Waals surface area contributed by atoms with Crippen LogP contribution in [0.25, 0.3) is 5.69 Å². The summed E-state index contributed by atoms with van der Waals surface area (Å²) in [4.78, 5) is 23.2. The minimum Gasteiger partial charge on any atom is -0.329 e. The zero-order valence-corrected chi connectivity index (χ0v) is 18.4. The highest BCUT2D eigenvalue weighted by Crippen LogP contribution is 2.38. The van der Waals surface area contributed by atoms with Crippen LogP contribution >= 0.6 is 0 Å². The number of rotatable bonds is 5. The molecule has 3 heterocycles. The van der Waals surface area contributed by atoms with Gasteiger partial charge in [0.2, 0.25) is 0 Å². The molecule has 1 aromatic carbocycles. The van der Waals surface area contributed by atoms with Gasteiger partial charge in [0, 0.05) is 31.8 Å². The summed E-state index contributed by atoms with van der Waals surface area (Å²) in [5, 5.41) is 8.17. The number of amides is 1. The largest absolute Gasteiger partial charge is 0.419 e. The molecule has 1 aliphatic rings. The van der Waals surface area contributed by atoms with Gasteiger partial charge in [-0.2, -0.15) is 28.2 Å². The standard InChI is InChI=1S/C22H21F5N6O/c1-13-9-14(2)19(33-30-6-7-31-33)16(10-13)20(34)32-8-5-21(23,24)17(32)3-4-18-28-11-15(12-29-18)22(25,26)27/h6-7,9-12,17H,3-5,8H2,1-2H3/t17-/m1/s1. The van der Waals surface area contributed by atoms with Crippen molar-refractivity contribution in [3.8, 4) is 5.69 Å². The zero-order chi connectivity index (χ0) is 24.7. The monoisotopic (exact) mass is 480 g/mol. The minimum absolute atomic E-state index is 0.00377. The molecule has 1 saturated heterocycles. The molecular weight excluding hydrogens is 459 g/mol. The third-order valence-corrected chi connectivity index (χ3v) is 5.78. The SMILES string of the molecule is Cc1cc(C)c(-n2nccn2)c(C(=O)N2CCC(F)(F)[C@H]2CCc2ncc(C(F)(F)F)cn2)c1. The van der Waals surface area contributed by atoms with E-state index in [0.717, 1.165) is 10.5 Å². The highest BCUT2D eigenvalue weighted by Gasteiger charge is 2.50. The van der Waals surface area contributed by atoms with Crippen molar-refractivity contribution in [1.29, 1.82) is 0 Å². The molecule has 0 spiro atoms. The predicted octanol–water partition coefficient (Wildman–Crippen LogP) is 4.18. The van der Waals surface area contributed by atoms with Gasteiger partial charge in [0.15, 0.2) is 0 Å². The maximum Gasteiger partial charge on any atom is 0.419 e. The minimum atomic E-state index is -4.59. The zero-order valence-electron chi connectivity index (χ0n) is 18.4. The summed E-state index contributed by atoms with van der Waals surface area (Å²) in [6.07, 6.45) is -1.28. The fourth-order valence-electron chi connectivity index (χ4n) is 4.20. The highest BCUT2D eigenvalue weighted by atomic mass is 19.4. The molecule has 0 bridgehead atoms. The quantitative estimate of drug-likeness (QED) is 0.513. The summed E-state index contributed by atoms with van der Waals surface area (Å²) in [7, 11) is 0. The molecule has 1 aliphatic heterocycles. The van der Waals surface area contributed by atoms with E-state index in [1.54, 1.807) is 19.9 Å². The van der Waals surface area contributed by atoms with E-state index in [-0.39, 0.29) is 30.8 Å². The summed E-state index contributed by atoms with van der Waals surface area (Å²) >= 11 is 0. The van der Waals surface area contributed by atoms with Crippen LogP contribution in [0.5, 0.6) is 0 Å². The molecule has 0 unspecified atom stereocenters. The Morgan fingerprint density at radius 2 is 1.76 bits per heavy atom. The first kappa shape index (κ1) is 23.7. The van der Waals surface area contributed by atoms with Crippen LogP contribution in [0.4, 0.5) is 22.0 Å². The van der Waals surface area contributed by atoms with E-state index in [4.69, 9.17) is 0 Å². The number of likely N-dealkylation sites (tertiary alicyclic amines) is 1. The predicted molar refractivity (Wildman–Crippen MR) is 111 cm³/mol. The smallest absolute Gasteiger partial charge is 0.329 e. The fourth-order valence-corrected chi connectivity index (χ4v) is 4.20. The van der Waals surface area contributed by atoms with Gasteiger partial charge in [0.1, 0.15) is 11.5 Å². The van der Waals surface area contributed by atoms with Crippen LogP contribution in [0, 0.1) is 13.8 Å². The van der Waals surface area contributed by atoms with Crippen molar-refractivity contribution in [2.75, 3.05) is 6.54 Å². The highest BCUT2D eigenvalue weighted by molar-refractivity contribution is 5.99. The summed E-state index contributed by atoms with van der Waals surface area (Å²) in [6.45, 7) is 3.41. The Morgan fingerprint density at radius 1 is 1.12 bits per heavy atom. The second kappa shape index (κ2) is 8.73. The average molecular weight is 480 g/mol. The van der Waals surface area contributed by atoms with Crippen molar-refractivity contribution in [3.05, 3.63) is 65.0 Å². The first-order valence-electron chi connectivity index (χ1n) is 10.5. The van der Waals surface area contributed by atoms with Crippen LogP contribution in [0.3, 0.4) is 0 Å². The van der Waals surface area contributed by atoms with Crippen LogP contribution in [0.1, 0.15) is 45.7 Å². The molecular formula is C22H21F5N6O. The van der Waals surface area contributed by atoms with Crippen molar-refractivity contribution in [2.24, 2.45) is 0 Å². The van der Waals surface area contributed by atoms with Gasteiger partial charge in [-0.1, -0.05) is 6.07 Å². The average Bonchev–Trinajstić information content (AvgIpc) is 3.38. The van der Waals surface area contributed by atoms with Gasteiger partial charge in [-0.3, -0.25) is 4.79 Å². The van der Waals surface area contributed by atoms with Gasteiger partial charge in [-0.05, 0) is 37.5 Å². The van der Waals surface area contributed by atoms with Crippen molar-refractivity contribution in [1.82, 2.24) is 29.9 Å². The van der Waals surface area contributed by atoms with Gasteiger partial charge in [0.05, 0.1) is 29.6 Å². The second-order valence-corrected chi connectivity index (χ2v) is 8.25. The molecule has 0 radical (unpaired) electrons. The lowest BCUT2D eigenvalue weighted by atomic mass is 10.0. The Balaban J connectivity index is 1.60. The first-order valence-corrected chi connectivity index (χ1v) is 10.5. The van der Waals surface area contributed by atoms with Crippen molar-refractivity contribution < 1.29 is 26.7 Å². The van der Waals surface area contributed by atoms with Gasteiger partial charge in [-0.15, -0.1) is 0 Å². The van der Waals surface area contributed by atoms with E-state index < -0.39 is 36.0 Å². The number of hydrogen-bond acceptors (Lipinski definition) is 5. The summed E-state index contributed by atoms with van der Waals surface area (Å²) in [5.41, 5.74) is 1.06. The van der Waals surface area contributed by atoms with Crippen LogP contribution in [-0.4, -0.2) is 54.3 Å². The van der Waals surface area contributed by atoms with E-state index in [1.165, 1.54) is 17.2 Å². The summed E-state index contributed by atoms with van der Waals surface area (Å²) in [6, 6.07) is 2.00. The second-order valence-electron chi connectivity index (χ2n) is 8.25. The molecule has 1 fully saturated rings. The summed E-state index contributed by atoms with van der Waals surface area (Å²) < 4.78 is 67.7. The topological polar surface area (TPSA) is 76.8 Å². The number of carbonyl (C=O) groups is 1. The van der Waals surface area contributed by atoms with Crippen molar-refractivity contribution in [3.63, 3.8) is 0 Å². The van der Waals surface area contributed by atoms with Gasteiger partial charge in [-0.25, -0.2) is 18.7 Å². The van der Waals surface area contributed by atoms with Crippen LogP contribution < -0.4 is 0 Å². The number of hydrogen-bond donors (Lipinski definition) is 0. The van der Waals surface area contributed by atoms with E-state index in [1.807, 2.05) is 6.07 Å². The fraction of sp³-hybridized carbons (Fsp3) is 0.409. The van der Waals surface area contributed by atoms with E-state index in [9.17, 15) is 26.7 Å². The molecule has 4 rings (SSSR count). The van der Waals surface area contributed by atoms with E-state index in [2.05, 4.69) is 20.2 Å². The number of alkyl halides is 5. The number of aromatic nitrogens is 5. The molecule has 0 N–H and O–H groups in total. The number of aryl methyl sites for hydroxylation is 3. The van der Waals surface area contributed by atoms with Crippen LogP contribution in [0.2, 0.25) is 0 Å². The number of nitrogens with zero attached hydrogens (tertiary/aromatic N) is 6. The number of halogens is 5. The lowest BCUT2D eigenvalue weighted by Gasteiger charge is -2.28. The maximum absolute atomic E-state index is 14.8. The molecule has 1 atom stereocenters. The molecule has 180 valence electrons. The lowest BCUT2D eigenvalue weighted by Crippen LogP contribution is -2.43. The normalized spacial score (nSPS) is 17.9. The molecule has 1 amide bonds. The molecule has 2 aromatic heterocycles. The molecule has 0 saturated carbocycles. The number of benzene rings is 1. The Morgan fingerprint density at radius 3 is 2.38 bits per heavy atom. The van der Waals surface area contributed by atoms with Crippen LogP contribution in [0.15, 0.2) is 36.9 Å². The Hall–Kier alpha value is -3.44. The first-order chi connectivity index (χ1) is 16.0. The molecule has 0 aliphatic carbocycles. The maximum atomic E-state index is 14.8. The van der Waals surface area contributed by atoms with Crippen molar-refractivity contribution in [2.45, 2.75) is 51.3 Å². The molecule has 34 heavy (non-hydrogen) atoms. The van der Waals surface area contributed by atoms with Gasteiger partial charge >= 0.3 is 6.18 Å². The van der Waals surface area contributed by atoms with Gasteiger partial charge in [0.25, 0.3) is 11.8 Å². The Labute approximate surface area is 191 Å². The van der Waals surface area contributed by atoms with Crippen molar-refractivity contribution >= 4 is 5.91 Å². The Bertz CT molecular complexity index is 1180. The van der Waals surface area contributed by atoms with Gasteiger partial charge < -0.3 is 4.90 Å². The van der Waals surface area contributed by atoms with E-state index in [0.29, 0.717) is 23.6 Å². The number of carbonyl (C=O) groups excluding carboxylic acids is 1. The molecule has 12 heteroatoms. The third kappa shape index (κ3) is 4.62. The van der Waals surface area contributed by atoms with Crippen LogP contribution in [-0.2, 0) is 12.6 Å². The lowest BCUT2D eigenvalue weighted by molar-refractivity contribution is -0.138. The third-order valence-electron chi connectivity index (χ3n) is 5.78. The van der Waals surface area contributed by atoms with E-state index >= 15 is 0 Å². The Kier molecular flexibility index (Phi) is 6.09. The summed E-state index contributed by atoms with van der Waals surface area (Å²) in [5.74, 6) is -3.75.